The molecule has 2 aromatic rings. The van der Waals surface area contributed by atoms with Gasteiger partial charge in [0.05, 0.1) is 6.54 Å². The maximum Gasteiger partial charge on any atom is 0.347 e. The molecule has 1 aromatic heterocycles. The topological polar surface area (TPSA) is 52.0 Å². The van der Waals surface area contributed by atoms with Crippen LogP contribution in [0.1, 0.15) is 10.4 Å². The minimum absolute atomic E-state index is 0.0195. The van der Waals surface area contributed by atoms with Crippen LogP contribution in [-0.2, 0) is 6.54 Å². The lowest BCUT2D eigenvalue weighted by Gasteiger charge is -2.03. The van der Waals surface area contributed by atoms with Crippen molar-refractivity contribution in [1.29, 1.82) is 0 Å². The lowest BCUT2D eigenvalue weighted by molar-refractivity contribution is 0.0970. The average molecular weight is 249 g/mol. The number of Topliss-reactive ketones (excluding diaryl/α,β-unsaturated/α-hetero) is 1. The zero-order valence-electron chi connectivity index (χ0n) is 8.84. The Morgan fingerprint density at radius 3 is 2.65 bits per heavy atom. The minimum atomic E-state index is -0.435. The van der Waals surface area contributed by atoms with Crippen LogP contribution in [0.4, 0.5) is 0 Å². The molecule has 0 saturated heterocycles. The highest BCUT2D eigenvalue weighted by Crippen LogP contribution is 2.10. The van der Waals surface area contributed by atoms with Crippen LogP contribution in [0, 0.1) is 0 Å². The molecule has 0 amide bonds. The normalized spacial score (nSPS) is 10.2. The molecule has 0 radical (unpaired) electrons. The number of aromatic nitrogens is 2. The van der Waals surface area contributed by atoms with E-state index in [0.717, 1.165) is 0 Å². The molecule has 1 aromatic carbocycles. The molecule has 86 valence electrons. The summed E-state index contributed by atoms with van der Waals surface area (Å²) in [5.74, 6) is -0.156. The highest BCUT2D eigenvalue weighted by Gasteiger charge is 2.07. The van der Waals surface area contributed by atoms with Gasteiger partial charge in [-0.1, -0.05) is 11.6 Å². The van der Waals surface area contributed by atoms with Gasteiger partial charge in [0.1, 0.15) is 0 Å². The minimum Gasteiger partial charge on any atom is -0.292 e. The summed E-state index contributed by atoms with van der Waals surface area (Å²) in [6.45, 7) is -0.0195. The summed E-state index contributed by atoms with van der Waals surface area (Å²) in [5, 5.41) is 0.570. The Balaban J connectivity index is 2.20. The van der Waals surface area contributed by atoms with Crippen molar-refractivity contribution in [2.24, 2.45) is 0 Å². The van der Waals surface area contributed by atoms with Gasteiger partial charge in [0.2, 0.25) is 0 Å². The molecule has 0 atom stereocenters. The largest absolute Gasteiger partial charge is 0.347 e. The number of hydrogen-bond acceptors (Lipinski definition) is 3. The maximum atomic E-state index is 11.8. The van der Waals surface area contributed by atoms with Crippen molar-refractivity contribution < 1.29 is 4.79 Å². The summed E-state index contributed by atoms with van der Waals surface area (Å²) < 4.78 is 1.26. The third-order valence-electron chi connectivity index (χ3n) is 2.26. The number of ketones is 1. The van der Waals surface area contributed by atoms with Crippen molar-refractivity contribution in [2.45, 2.75) is 6.54 Å². The van der Waals surface area contributed by atoms with Crippen LogP contribution in [0.5, 0.6) is 0 Å². The summed E-state index contributed by atoms with van der Waals surface area (Å²) in [5.41, 5.74) is 0.0833. The first-order valence-electron chi connectivity index (χ1n) is 4.97. The monoisotopic (exact) mass is 248 g/mol. The van der Waals surface area contributed by atoms with Crippen LogP contribution in [-0.4, -0.2) is 15.3 Å². The summed E-state index contributed by atoms with van der Waals surface area (Å²) in [6, 6.07) is 8.15. The Hall–Kier alpha value is -1.94. The summed E-state index contributed by atoms with van der Waals surface area (Å²) in [6.07, 6.45) is 2.93. The zero-order chi connectivity index (χ0) is 12.3. The zero-order valence-corrected chi connectivity index (χ0v) is 9.59. The van der Waals surface area contributed by atoms with Crippen LogP contribution >= 0.6 is 11.6 Å². The van der Waals surface area contributed by atoms with E-state index in [-0.39, 0.29) is 12.3 Å². The van der Waals surface area contributed by atoms with Gasteiger partial charge in [0.25, 0.3) is 0 Å². The lowest BCUT2D eigenvalue weighted by Crippen LogP contribution is -2.25. The SMILES string of the molecule is O=C(Cn1cccnc1=O)c1ccc(Cl)cc1. The van der Waals surface area contributed by atoms with E-state index >= 15 is 0 Å². The Labute approximate surface area is 102 Å². The number of carbonyl (C=O) groups excluding carboxylic acids is 1. The fourth-order valence-corrected chi connectivity index (χ4v) is 1.52. The van der Waals surface area contributed by atoms with E-state index in [1.54, 1.807) is 30.3 Å². The Morgan fingerprint density at radius 2 is 2.00 bits per heavy atom. The number of halogens is 1. The molecule has 0 bridgehead atoms. The number of carbonyl (C=O) groups is 1. The van der Waals surface area contributed by atoms with Gasteiger partial charge in [-0.2, -0.15) is 0 Å². The summed E-state index contributed by atoms with van der Waals surface area (Å²) >= 11 is 5.73. The van der Waals surface area contributed by atoms with Gasteiger partial charge in [-0.25, -0.2) is 9.78 Å². The van der Waals surface area contributed by atoms with Crippen molar-refractivity contribution in [3.05, 3.63) is 63.8 Å². The third-order valence-corrected chi connectivity index (χ3v) is 2.51. The lowest BCUT2D eigenvalue weighted by atomic mass is 10.1. The first kappa shape index (κ1) is 11.5. The summed E-state index contributed by atoms with van der Waals surface area (Å²) in [7, 11) is 0. The van der Waals surface area contributed by atoms with Crippen molar-refractivity contribution >= 4 is 17.4 Å². The molecule has 2 rings (SSSR count). The molecular weight excluding hydrogens is 240 g/mol. The molecule has 4 nitrogen and oxygen atoms in total. The van der Waals surface area contributed by atoms with Crippen LogP contribution in [0.25, 0.3) is 0 Å². The second kappa shape index (κ2) is 4.93. The van der Waals surface area contributed by atoms with Gasteiger partial charge in [-0.05, 0) is 30.3 Å². The Kier molecular flexibility index (Phi) is 3.35. The Bertz CT molecular complexity index is 590. The van der Waals surface area contributed by atoms with E-state index in [1.807, 2.05) is 0 Å². The first-order valence-corrected chi connectivity index (χ1v) is 5.35. The highest BCUT2D eigenvalue weighted by molar-refractivity contribution is 6.30. The highest BCUT2D eigenvalue weighted by atomic mass is 35.5. The molecule has 1 heterocycles. The molecule has 5 heteroatoms. The predicted molar refractivity (Wildman–Crippen MR) is 64.3 cm³/mol. The van der Waals surface area contributed by atoms with Crippen molar-refractivity contribution in [2.75, 3.05) is 0 Å². The molecule has 0 saturated carbocycles. The van der Waals surface area contributed by atoms with E-state index in [9.17, 15) is 9.59 Å². The van der Waals surface area contributed by atoms with Gasteiger partial charge in [0.15, 0.2) is 5.78 Å². The second-order valence-corrected chi connectivity index (χ2v) is 3.90. The maximum absolute atomic E-state index is 11.8. The predicted octanol–water partition coefficient (Wildman–Crippen LogP) is 1.78. The van der Waals surface area contributed by atoms with E-state index in [0.29, 0.717) is 10.6 Å². The van der Waals surface area contributed by atoms with Crippen LogP contribution < -0.4 is 5.69 Å². The van der Waals surface area contributed by atoms with E-state index in [4.69, 9.17) is 11.6 Å². The van der Waals surface area contributed by atoms with E-state index in [1.165, 1.54) is 17.0 Å². The van der Waals surface area contributed by atoms with Gasteiger partial charge >= 0.3 is 5.69 Å². The van der Waals surface area contributed by atoms with Crippen molar-refractivity contribution in [3.8, 4) is 0 Å². The standard InChI is InChI=1S/C12H9ClN2O2/c13-10-4-2-9(3-5-10)11(16)8-15-7-1-6-14-12(15)17/h1-7H,8H2. The van der Waals surface area contributed by atoms with Gasteiger partial charge in [0, 0.05) is 23.0 Å². The number of benzene rings is 1. The number of rotatable bonds is 3. The van der Waals surface area contributed by atoms with Crippen LogP contribution in [0.15, 0.2) is 47.5 Å². The van der Waals surface area contributed by atoms with Gasteiger partial charge in [-0.3, -0.25) is 9.36 Å². The van der Waals surface area contributed by atoms with Gasteiger partial charge in [-0.15, -0.1) is 0 Å². The fourth-order valence-electron chi connectivity index (χ4n) is 1.39. The number of hydrogen-bond donors (Lipinski definition) is 0. The molecule has 17 heavy (non-hydrogen) atoms. The molecular formula is C12H9ClN2O2. The van der Waals surface area contributed by atoms with E-state index < -0.39 is 5.69 Å². The van der Waals surface area contributed by atoms with Crippen molar-refractivity contribution in [3.63, 3.8) is 0 Å². The smallest absolute Gasteiger partial charge is 0.292 e. The molecule has 0 spiro atoms. The summed E-state index contributed by atoms with van der Waals surface area (Å²) in [4.78, 5) is 26.7. The van der Waals surface area contributed by atoms with Crippen LogP contribution in [0.2, 0.25) is 5.02 Å². The van der Waals surface area contributed by atoms with Crippen molar-refractivity contribution in [1.82, 2.24) is 9.55 Å². The van der Waals surface area contributed by atoms with Gasteiger partial charge < -0.3 is 0 Å². The third kappa shape index (κ3) is 2.79. The molecule has 0 N–H and O–H groups in total. The molecule has 0 aliphatic carbocycles. The first-order chi connectivity index (χ1) is 8.16. The quantitative estimate of drug-likeness (QED) is 0.778. The van der Waals surface area contributed by atoms with Crippen LogP contribution in [0.3, 0.4) is 0 Å². The average Bonchev–Trinajstić information content (AvgIpc) is 2.33. The van der Waals surface area contributed by atoms with E-state index in [2.05, 4.69) is 4.98 Å². The second-order valence-electron chi connectivity index (χ2n) is 3.46. The molecule has 0 aliphatic rings. The molecule has 0 aliphatic heterocycles. The molecule has 0 fully saturated rings. The fraction of sp³-hybridized carbons (Fsp3) is 0.0833. The molecule has 0 unspecified atom stereocenters. The Morgan fingerprint density at radius 1 is 1.29 bits per heavy atom. The number of nitrogens with zero attached hydrogens (tertiary/aromatic N) is 2.